The average Bonchev–Trinajstić information content (AvgIpc) is 2.40. The maximum absolute atomic E-state index is 11.9. The Balaban J connectivity index is 1.92. The largest absolute Gasteiger partial charge is 0.399 e. The van der Waals surface area contributed by atoms with E-state index in [0.29, 0.717) is 22.2 Å². The zero-order chi connectivity index (χ0) is 14.5. The van der Waals surface area contributed by atoms with Crippen LogP contribution in [0.25, 0.3) is 0 Å². The molecule has 0 atom stereocenters. The molecule has 1 amide bonds. The van der Waals surface area contributed by atoms with Gasteiger partial charge in [-0.25, -0.2) is 0 Å². The number of benzene rings is 2. The van der Waals surface area contributed by atoms with Crippen molar-refractivity contribution in [3.05, 3.63) is 52.0 Å². The molecule has 3 N–H and O–H groups in total. The lowest BCUT2D eigenvalue weighted by molar-refractivity contribution is -0.113. The van der Waals surface area contributed by atoms with Gasteiger partial charge in [-0.05, 0) is 36.4 Å². The highest BCUT2D eigenvalue weighted by molar-refractivity contribution is 9.10. The van der Waals surface area contributed by atoms with E-state index in [-0.39, 0.29) is 5.91 Å². The van der Waals surface area contributed by atoms with Gasteiger partial charge in [0, 0.05) is 15.1 Å². The van der Waals surface area contributed by atoms with Crippen LogP contribution in [-0.4, -0.2) is 11.7 Å². The lowest BCUT2D eigenvalue weighted by Crippen LogP contribution is -2.14. The Morgan fingerprint density at radius 2 is 2.10 bits per heavy atom. The molecule has 0 bridgehead atoms. The topological polar surface area (TPSA) is 55.1 Å². The fraction of sp³-hybridized carbons (Fsp3) is 0.0714. The van der Waals surface area contributed by atoms with Crippen molar-refractivity contribution in [2.45, 2.75) is 4.90 Å². The second-order valence-electron chi connectivity index (χ2n) is 4.03. The number of carbonyl (C=O) groups is 1. The molecule has 2 aromatic rings. The van der Waals surface area contributed by atoms with E-state index in [9.17, 15) is 4.79 Å². The molecule has 0 aromatic heterocycles. The van der Waals surface area contributed by atoms with Crippen molar-refractivity contribution in [1.29, 1.82) is 0 Å². The number of carbonyl (C=O) groups excluding carboxylic acids is 1. The van der Waals surface area contributed by atoms with Crippen LogP contribution in [0.3, 0.4) is 0 Å². The van der Waals surface area contributed by atoms with E-state index >= 15 is 0 Å². The van der Waals surface area contributed by atoms with Crippen LogP contribution in [0.2, 0.25) is 5.02 Å². The molecule has 2 rings (SSSR count). The van der Waals surface area contributed by atoms with Crippen molar-refractivity contribution < 1.29 is 4.79 Å². The third-order valence-corrected chi connectivity index (χ3v) is 4.23. The molecule has 0 saturated carbocycles. The van der Waals surface area contributed by atoms with Gasteiger partial charge in [-0.2, -0.15) is 0 Å². The summed E-state index contributed by atoms with van der Waals surface area (Å²) in [4.78, 5) is 12.8. The first-order valence-electron chi connectivity index (χ1n) is 5.78. The number of rotatable bonds is 4. The molecule has 0 fully saturated rings. The molecule has 6 heteroatoms. The van der Waals surface area contributed by atoms with Crippen molar-refractivity contribution >= 4 is 56.6 Å². The number of nitrogens with two attached hydrogens (primary N) is 1. The number of halogens is 2. The fourth-order valence-corrected chi connectivity index (χ4v) is 3.02. The number of nitrogens with one attached hydrogen (secondary N) is 1. The van der Waals surface area contributed by atoms with Crippen LogP contribution in [0.15, 0.2) is 51.8 Å². The van der Waals surface area contributed by atoms with E-state index in [1.165, 1.54) is 11.8 Å². The van der Waals surface area contributed by atoms with Crippen molar-refractivity contribution in [1.82, 2.24) is 0 Å². The summed E-state index contributed by atoms with van der Waals surface area (Å²) in [5.41, 5.74) is 6.98. The first-order chi connectivity index (χ1) is 9.54. The number of nitrogen functional groups attached to an aromatic ring is 1. The van der Waals surface area contributed by atoms with Gasteiger partial charge >= 0.3 is 0 Å². The average molecular weight is 372 g/mol. The number of amides is 1. The van der Waals surface area contributed by atoms with Gasteiger partial charge in [0.05, 0.1) is 16.5 Å². The second-order valence-corrected chi connectivity index (χ2v) is 6.41. The Bertz CT molecular complexity index is 636. The SMILES string of the molecule is Nc1cccc(SCC(=O)Nc2ccc(Br)cc2Cl)c1. The van der Waals surface area contributed by atoms with E-state index in [4.69, 9.17) is 17.3 Å². The first kappa shape index (κ1) is 15.2. The molecular formula is C14H12BrClN2OS. The van der Waals surface area contributed by atoms with Gasteiger partial charge in [0.25, 0.3) is 0 Å². The summed E-state index contributed by atoms with van der Waals surface area (Å²) in [5, 5.41) is 3.28. The van der Waals surface area contributed by atoms with Gasteiger partial charge in [-0.1, -0.05) is 33.6 Å². The quantitative estimate of drug-likeness (QED) is 0.618. The highest BCUT2D eigenvalue weighted by atomic mass is 79.9. The van der Waals surface area contributed by atoms with Gasteiger partial charge in [0.2, 0.25) is 5.91 Å². The van der Waals surface area contributed by atoms with Gasteiger partial charge in [-0.3, -0.25) is 4.79 Å². The normalized spacial score (nSPS) is 10.3. The van der Waals surface area contributed by atoms with Gasteiger partial charge in [0.15, 0.2) is 0 Å². The zero-order valence-corrected chi connectivity index (χ0v) is 13.6. The van der Waals surface area contributed by atoms with E-state index in [2.05, 4.69) is 21.2 Å². The predicted molar refractivity (Wildman–Crippen MR) is 89.4 cm³/mol. The molecule has 0 saturated heterocycles. The maximum Gasteiger partial charge on any atom is 0.234 e. The van der Waals surface area contributed by atoms with Crippen LogP contribution in [0.4, 0.5) is 11.4 Å². The van der Waals surface area contributed by atoms with Crippen molar-refractivity contribution in [2.24, 2.45) is 0 Å². The highest BCUT2D eigenvalue weighted by Gasteiger charge is 2.07. The summed E-state index contributed by atoms with van der Waals surface area (Å²) in [6, 6.07) is 12.8. The third kappa shape index (κ3) is 4.44. The minimum atomic E-state index is -0.110. The van der Waals surface area contributed by atoms with Crippen molar-refractivity contribution in [2.75, 3.05) is 16.8 Å². The summed E-state index contributed by atoms with van der Waals surface area (Å²) in [6.07, 6.45) is 0. The molecule has 104 valence electrons. The summed E-state index contributed by atoms with van der Waals surface area (Å²) < 4.78 is 0.870. The third-order valence-electron chi connectivity index (χ3n) is 2.43. The summed E-state index contributed by atoms with van der Waals surface area (Å²) in [7, 11) is 0. The number of anilines is 2. The smallest absolute Gasteiger partial charge is 0.234 e. The van der Waals surface area contributed by atoms with Gasteiger partial charge in [0.1, 0.15) is 0 Å². The van der Waals surface area contributed by atoms with Crippen LogP contribution >= 0.6 is 39.3 Å². The van der Waals surface area contributed by atoms with Gasteiger partial charge in [-0.15, -0.1) is 11.8 Å². The Hall–Kier alpha value is -1.17. The van der Waals surface area contributed by atoms with Crippen LogP contribution in [-0.2, 0) is 4.79 Å². The Labute approximate surface area is 135 Å². The minimum Gasteiger partial charge on any atom is -0.399 e. The fourth-order valence-electron chi connectivity index (χ4n) is 1.53. The number of thioether (sulfide) groups is 1. The summed E-state index contributed by atoms with van der Waals surface area (Å²) in [5.74, 6) is 0.192. The Morgan fingerprint density at radius 1 is 1.30 bits per heavy atom. The van der Waals surface area contributed by atoms with Crippen molar-refractivity contribution in [3.8, 4) is 0 Å². The van der Waals surface area contributed by atoms with Crippen molar-refractivity contribution in [3.63, 3.8) is 0 Å². The van der Waals surface area contributed by atoms with Crippen LogP contribution in [0.1, 0.15) is 0 Å². The molecule has 20 heavy (non-hydrogen) atoms. The number of hydrogen-bond acceptors (Lipinski definition) is 3. The predicted octanol–water partition coefficient (Wildman–Crippen LogP) is 4.42. The van der Waals surface area contributed by atoms with Crippen LogP contribution in [0.5, 0.6) is 0 Å². The molecular weight excluding hydrogens is 360 g/mol. The minimum absolute atomic E-state index is 0.110. The van der Waals surface area contributed by atoms with Crippen LogP contribution < -0.4 is 11.1 Å². The van der Waals surface area contributed by atoms with E-state index in [1.807, 2.05) is 30.3 Å². The number of hydrogen-bond donors (Lipinski definition) is 2. The Morgan fingerprint density at radius 3 is 2.80 bits per heavy atom. The molecule has 0 aliphatic carbocycles. The van der Waals surface area contributed by atoms with Crippen LogP contribution in [0, 0.1) is 0 Å². The maximum atomic E-state index is 11.9. The zero-order valence-electron chi connectivity index (χ0n) is 10.4. The monoisotopic (exact) mass is 370 g/mol. The molecule has 2 aromatic carbocycles. The molecule has 0 spiro atoms. The molecule has 0 aliphatic heterocycles. The standard InChI is InChI=1S/C14H12BrClN2OS/c15-9-4-5-13(12(16)6-9)18-14(19)8-20-11-3-1-2-10(17)7-11/h1-7H,8,17H2,(H,18,19). The molecule has 3 nitrogen and oxygen atoms in total. The van der Waals surface area contributed by atoms with E-state index in [0.717, 1.165) is 9.37 Å². The lowest BCUT2D eigenvalue weighted by Gasteiger charge is -2.07. The summed E-state index contributed by atoms with van der Waals surface area (Å²) in [6.45, 7) is 0. The molecule has 0 unspecified atom stereocenters. The summed E-state index contributed by atoms with van der Waals surface area (Å²) >= 11 is 10.8. The molecule has 0 radical (unpaired) electrons. The van der Waals surface area contributed by atoms with E-state index in [1.54, 1.807) is 12.1 Å². The van der Waals surface area contributed by atoms with Gasteiger partial charge < -0.3 is 11.1 Å². The molecule has 0 heterocycles. The lowest BCUT2D eigenvalue weighted by atomic mass is 10.3. The second kappa shape index (κ2) is 7.02. The first-order valence-corrected chi connectivity index (χ1v) is 7.93. The molecule has 0 aliphatic rings. The van der Waals surface area contributed by atoms with E-state index < -0.39 is 0 Å². The Kier molecular flexibility index (Phi) is 5.34. The highest BCUT2D eigenvalue weighted by Crippen LogP contribution is 2.26.